The van der Waals surface area contributed by atoms with Crippen LogP contribution in [0.4, 0.5) is 0 Å². The highest BCUT2D eigenvalue weighted by molar-refractivity contribution is 7.18. The molecule has 1 aliphatic rings. The first-order valence-electron chi connectivity index (χ1n) is 8.73. The second-order valence-corrected chi connectivity index (χ2v) is 8.72. The molecule has 26 heavy (non-hydrogen) atoms. The number of para-hydroxylation sites is 1. The van der Waals surface area contributed by atoms with Gasteiger partial charge in [0.1, 0.15) is 17.1 Å². The molecule has 1 aromatic carbocycles. The monoisotopic (exact) mass is 375 g/mol. The summed E-state index contributed by atoms with van der Waals surface area (Å²) in [5, 5.41) is 0.824. The van der Waals surface area contributed by atoms with Crippen molar-refractivity contribution in [3.05, 3.63) is 29.3 Å². The van der Waals surface area contributed by atoms with Crippen LogP contribution in [0.2, 0.25) is 0 Å². The standard InChI is InChI=1S/C19H25N3O3S/c1-12-17(23)22(10-16-20-13-8-6-7-9-15(13)26-16)14(18(24)21(12)5)11-25-19(2,3)4/h6-9,12,14H,10-11H2,1-5H3/t12-,14-/m0/s1. The Bertz CT molecular complexity index is 794. The first kappa shape index (κ1) is 18.8. The number of carbonyl (C=O) groups is 2. The number of amides is 2. The number of likely N-dealkylation sites (N-methyl/N-ethyl adjacent to an activating group) is 1. The van der Waals surface area contributed by atoms with E-state index in [1.54, 1.807) is 30.2 Å². The van der Waals surface area contributed by atoms with E-state index in [4.69, 9.17) is 4.74 Å². The number of ether oxygens (including phenoxy) is 1. The van der Waals surface area contributed by atoms with Crippen LogP contribution in [0.5, 0.6) is 0 Å². The van der Waals surface area contributed by atoms with Gasteiger partial charge in [-0.25, -0.2) is 4.98 Å². The van der Waals surface area contributed by atoms with Crippen molar-refractivity contribution >= 4 is 33.4 Å². The second kappa shape index (κ2) is 6.96. The van der Waals surface area contributed by atoms with Crippen LogP contribution < -0.4 is 0 Å². The first-order valence-corrected chi connectivity index (χ1v) is 9.54. The lowest BCUT2D eigenvalue weighted by atomic mass is 10.1. The predicted molar refractivity (Wildman–Crippen MR) is 102 cm³/mol. The van der Waals surface area contributed by atoms with Crippen LogP contribution in [0.1, 0.15) is 32.7 Å². The van der Waals surface area contributed by atoms with E-state index in [9.17, 15) is 9.59 Å². The Labute approximate surface area is 157 Å². The molecule has 0 spiro atoms. The number of aromatic nitrogens is 1. The third kappa shape index (κ3) is 3.73. The summed E-state index contributed by atoms with van der Waals surface area (Å²) in [5.41, 5.74) is 0.530. The fourth-order valence-electron chi connectivity index (χ4n) is 2.93. The van der Waals surface area contributed by atoms with Crippen molar-refractivity contribution in [1.29, 1.82) is 0 Å². The second-order valence-electron chi connectivity index (χ2n) is 7.61. The topological polar surface area (TPSA) is 62.7 Å². The van der Waals surface area contributed by atoms with E-state index in [1.807, 2.05) is 45.0 Å². The van der Waals surface area contributed by atoms with Gasteiger partial charge in [0, 0.05) is 7.05 Å². The third-order valence-corrected chi connectivity index (χ3v) is 5.57. The number of piperazine rings is 1. The lowest BCUT2D eigenvalue weighted by Gasteiger charge is -2.42. The molecule has 0 bridgehead atoms. The minimum Gasteiger partial charge on any atom is -0.373 e. The highest BCUT2D eigenvalue weighted by Gasteiger charge is 2.43. The molecule has 7 heteroatoms. The molecule has 0 N–H and O–H groups in total. The van der Waals surface area contributed by atoms with E-state index in [0.717, 1.165) is 15.2 Å². The van der Waals surface area contributed by atoms with Crippen molar-refractivity contribution in [2.24, 2.45) is 0 Å². The highest BCUT2D eigenvalue weighted by atomic mass is 32.1. The fraction of sp³-hybridized carbons (Fsp3) is 0.526. The average molecular weight is 375 g/mol. The number of fused-ring (bicyclic) bond motifs is 1. The maximum Gasteiger partial charge on any atom is 0.248 e. The summed E-state index contributed by atoms with van der Waals surface area (Å²) in [6.07, 6.45) is 0. The molecule has 0 saturated carbocycles. The molecule has 1 aromatic heterocycles. The molecule has 140 valence electrons. The van der Waals surface area contributed by atoms with Gasteiger partial charge in [0.05, 0.1) is 29.0 Å². The quantitative estimate of drug-likeness (QED) is 0.824. The van der Waals surface area contributed by atoms with Gasteiger partial charge in [0.2, 0.25) is 11.8 Å². The molecule has 2 amide bonds. The largest absolute Gasteiger partial charge is 0.373 e. The molecular weight excluding hydrogens is 350 g/mol. The molecule has 3 rings (SSSR count). The molecule has 0 unspecified atom stereocenters. The van der Waals surface area contributed by atoms with Crippen molar-refractivity contribution < 1.29 is 14.3 Å². The molecule has 6 nitrogen and oxygen atoms in total. The zero-order valence-corrected chi connectivity index (χ0v) is 16.7. The fourth-order valence-corrected chi connectivity index (χ4v) is 3.90. The van der Waals surface area contributed by atoms with Gasteiger partial charge in [0.25, 0.3) is 0 Å². The summed E-state index contributed by atoms with van der Waals surface area (Å²) in [6, 6.07) is 6.76. The number of carbonyl (C=O) groups excluding carboxylic acids is 2. The van der Waals surface area contributed by atoms with Crippen molar-refractivity contribution in [3.8, 4) is 0 Å². The van der Waals surface area contributed by atoms with Gasteiger partial charge in [-0.1, -0.05) is 12.1 Å². The average Bonchev–Trinajstić information content (AvgIpc) is 2.99. The number of nitrogens with zero attached hydrogens (tertiary/aromatic N) is 3. The summed E-state index contributed by atoms with van der Waals surface area (Å²) < 4.78 is 6.91. The molecule has 1 fully saturated rings. The Morgan fingerprint density at radius 1 is 1.19 bits per heavy atom. The molecule has 0 radical (unpaired) electrons. The molecule has 1 saturated heterocycles. The summed E-state index contributed by atoms with van der Waals surface area (Å²) in [5.74, 6) is -0.170. The van der Waals surface area contributed by atoms with E-state index < -0.39 is 12.1 Å². The lowest BCUT2D eigenvalue weighted by Crippen LogP contribution is -2.63. The molecule has 0 aliphatic carbocycles. The van der Waals surface area contributed by atoms with E-state index in [2.05, 4.69) is 4.98 Å². The summed E-state index contributed by atoms with van der Waals surface area (Å²) in [4.78, 5) is 33.4. The first-order chi connectivity index (χ1) is 12.2. The Kier molecular flexibility index (Phi) is 5.03. The Morgan fingerprint density at radius 2 is 1.88 bits per heavy atom. The van der Waals surface area contributed by atoms with Gasteiger partial charge in [-0.3, -0.25) is 9.59 Å². The lowest BCUT2D eigenvalue weighted by molar-refractivity contribution is -0.165. The number of hydrogen-bond acceptors (Lipinski definition) is 5. The minimum atomic E-state index is -0.630. The molecular formula is C19H25N3O3S. The number of hydrogen-bond donors (Lipinski definition) is 0. The summed E-state index contributed by atoms with van der Waals surface area (Å²) in [6.45, 7) is 8.06. The van der Waals surface area contributed by atoms with Crippen LogP contribution in [0.3, 0.4) is 0 Å². The van der Waals surface area contributed by atoms with Crippen LogP contribution in [0.25, 0.3) is 10.2 Å². The van der Waals surface area contributed by atoms with Crippen LogP contribution in [-0.4, -0.2) is 57.9 Å². The smallest absolute Gasteiger partial charge is 0.248 e. The minimum absolute atomic E-state index is 0.0751. The van der Waals surface area contributed by atoms with Gasteiger partial charge in [-0.2, -0.15) is 0 Å². The summed E-state index contributed by atoms with van der Waals surface area (Å²) in [7, 11) is 1.67. The zero-order chi connectivity index (χ0) is 19.1. The van der Waals surface area contributed by atoms with E-state index in [0.29, 0.717) is 6.54 Å². The molecule has 2 atom stereocenters. The van der Waals surface area contributed by atoms with Crippen molar-refractivity contribution in [3.63, 3.8) is 0 Å². The maximum absolute atomic E-state index is 12.9. The zero-order valence-electron chi connectivity index (χ0n) is 15.9. The Balaban J connectivity index is 1.88. The van der Waals surface area contributed by atoms with Gasteiger partial charge in [-0.15, -0.1) is 11.3 Å². The Morgan fingerprint density at radius 3 is 2.54 bits per heavy atom. The van der Waals surface area contributed by atoms with Gasteiger partial charge >= 0.3 is 0 Å². The molecule has 2 heterocycles. The van der Waals surface area contributed by atoms with Gasteiger partial charge < -0.3 is 14.5 Å². The SMILES string of the molecule is C[C@H]1C(=O)N(Cc2nc3ccccc3s2)[C@@H](COC(C)(C)C)C(=O)N1C. The van der Waals surface area contributed by atoms with Gasteiger partial charge in [0.15, 0.2) is 0 Å². The van der Waals surface area contributed by atoms with Crippen molar-refractivity contribution in [2.45, 2.75) is 51.9 Å². The molecule has 2 aromatic rings. The molecule has 1 aliphatic heterocycles. The van der Waals surface area contributed by atoms with Crippen LogP contribution >= 0.6 is 11.3 Å². The van der Waals surface area contributed by atoms with Crippen LogP contribution in [0.15, 0.2) is 24.3 Å². The number of thiazole rings is 1. The third-order valence-electron chi connectivity index (χ3n) is 4.55. The Hall–Kier alpha value is -1.99. The van der Waals surface area contributed by atoms with Crippen molar-refractivity contribution in [2.75, 3.05) is 13.7 Å². The van der Waals surface area contributed by atoms with E-state index >= 15 is 0 Å². The van der Waals surface area contributed by atoms with Gasteiger partial charge in [-0.05, 0) is 39.8 Å². The number of rotatable bonds is 4. The normalized spacial score (nSPS) is 21.7. The van der Waals surface area contributed by atoms with E-state index in [1.165, 1.54) is 4.90 Å². The van der Waals surface area contributed by atoms with Crippen LogP contribution in [0, 0.1) is 0 Å². The van der Waals surface area contributed by atoms with Crippen molar-refractivity contribution in [1.82, 2.24) is 14.8 Å². The maximum atomic E-state index is 12.9. The van der Waals surface area contributed by atoms with E-state index in [-0.39, 0.29) is 24.0 Å². The highest BCUT2D eigenvalue weighted by Crippen LogP contribution is 2.26. The number of benzene rings is 1. The van der Waals surface area contributed by atoms with Crippen LogP contribution in [-0.2, 0) is 20.9 Å². The summed E-state index contributed by atoms with van der Waals surface area (Å²) >= 11 is 1.55. The predicted octanol–water partition coefficient (Wildman–Crippen LogP) is 2.67.